The molecule has 1 saturated heterocycles. The number of thioether (sulfide) groups is 1. The number of esters is 2. The molecule has 1 heterocycles. The molecule has 1 fully saturated rings. The van der Waals surface area contributed by atoms with Crippen LogP contribution in [-0.2, 0) is 23.9 Å². The number of hydrogen-bond donors (Lipinski definition) is 0. The minimum absolute atomic E-state index is 0.150. The van der Waals surface area contributed by atoms with E-state index in [0.717, 1.165) is 16.7 Å². The van der Waals surface area contributed by atoms with Crippen molar-refractivity contribution in [1.29, 1.82) is 0 Å². The van der Waals surface area contributed by atoms with Crippen LogP contribution >= 0.6 is 27.7 Å². The summed E-state index contributed by atoms with van der Waals surface area (Å²) in [6, 6.07) is 3.21. The molecule has 0 spiro atoms. The van der Waals surface area contributed by atoms with E-state index in [0.29, 0.717) is 15.8 Å². The first-order valence-corrected chi connectivity index (χ1v) is 9.89. The molecule has 0 N–H and O–H groups in total. The lowest BCUT2D eigenvalue weighted by Gasteiger charge is -2.13. The Morgan fingerprint density at radius 1 is 1.21 bits per heavy atom. The predicted molar refractivity (Wildman–Crippen MR) is 108 cm³/mol. The molecule has 0 radical (unpaired) electrons. The van der Waals surface area contributed by atoms with E-state index in [9.17, 15) is 19.2 Å². The molecule has 0 aromatic heterocycles. The van der Waals surface area contributed by atoms with E-state index in [1.807, 2.05) is 0 Å². The molecule has 0 bridgehead atoms. The summed E-state index contributed by atoms with van der Waals surface area (Å²) < 4.78 is 20.5. The van der Waals surface area contributed by atoms with E-state index in [1.165, 1.54) is 20.3 Å². The molecule has 0 saturated carbocycles. The van der Waals surface area contributed by atoms with Crippen LogP contribution in [-0.4, -0.2) is 62.0 Å². The average molecular weight is 488 g/mol. The standard InChI is InChI=1S/C18H18BrNO8S/c1-4-27-14(21)8-20-17(23)13(29-18(20)24)7-10-5-11(19)16(12(6-10)25-2)28-9-15(22)26-3/h5-7H,4,8-9H2,1-3H3. The maximum atomic E-state index is 12.5. The molecule has 11 heteroatoms. The van der Waals surface area contributed by atoms with Gasteiger partial charge in [0.15, 0.2) is 18.1 Å². The van der Waals surface area contributed by atoms with Crippen molar-refractivity contribution in [3.63, 3.8) is 0 Å². The Bertz CT molecular complexity index is 870. The summed E-state index contributed by atoms with van der Waals surface area (Å²) in [5.74, 6) is -1.22. The molecule has 1 aromatic rings. The molecule has 1 aliphatic heterocycles. The van der Waals surface area contributed by atoms with Crippen molar-refractivity contribution < 1.29 is 38.1 Å². The predicted octanol–water partition coefficient (Wildman–Crippen LogP) is 2.61. The Morgan fingerprint density at radius 2 is 1.93 bits per heavy atom. The van der Waals surface area contributed by atoms with Gasteiger partial charge < -0.3 is 18.9 Å². The second-order valence-corrected chi connectivity index (χ2v) is 7.32. The van der Waals surface area contributed by atoms with E-state index in [-0.39, 0.29) is 23.9 Å². The molecule has 0 atom stereocenters. The summed E-state index contributed by atoms with van der Waals surface area (Å²) in [5, 5.41) is -0.557. The smallest absolute Gasteiger partial charge is 0.343 e. The van der Waals surface area contributed by atoms with Gasteiger partial charge in [-0.2, -0.15) is 0 Å². The summed E-state index contributed by atoms with van der Waals surface area (Å²) in [7, 11) is 2.67. The molecule has 29 heavy (non-hydrogen) atoms. The van der Waals surface area contributed by atoms with Crippen LogP contribution in [0.2, 0.25) is 0 Å². The van der Waals surface area contributed by atoms with Crippen LogP contribution in [0.4, 0.5) is 4.79 Å². The number of nitrogens with zero attached hydrogens (tertiary/aromatic N) is 1. The topological polar surface area (TPSA) is 108 Å². The highest BCUT2D eigenvalue weighted by Crippen LogP contribution is 2.39. The van der Waals surface area contributed by atoms with E-state index in [1.54, 1.807) is 19.1 Å². The van der Waals surface area contributed by atoms with Gasteiger partial charge in [-0.15, -0.1) is 0 Å². The monoisotopic (exact) mass is 487 g/mol. The molecule has 1 aliphatic rings. The minimum Gasteiger partial charge on any atom is -0.493 e. The van der Waals surface area contributed by atoms with Gasteiger partial charge in [-0.05, 0) is 58.4 Å². The fourth-order valence-corrected chi connectivity index (χ4v) is 3.69. The van der Waals surface area contributed by atoms with E-state index in [4.69, 9.17) is 14.2 Å². The van der Waals surface area contributed by atoms with Crippen molar-refractivity contribution in [3.8, 4) is 11.5 Å². The van der Waals surface area contributed by atoms with Crippen molar-refractivity contribution >= 4 is 56.9 Å². The minimum atomic E-state index is -0.660. The largest absolute Gasteiger partial charge is 0.493 e. The number of benzene rings is 1. The Balaban J connectivity index is 2.24. The Hall–Kier alpha value is -2.53. The number of ether oxygens (including phenoxy) is 4. The van der Waals surface area contributed by atoms with Crippen LogP contribution in [0.25, 0.3) is 6.08 Å². The third kappa shape index (κ3) is 5.73. The SMILES string of the molecule is CCOC(=O)CN1C(=O)SC(=Cc2cc(Br)c(OCC(=O)OC)c(OC)c2)C1=O. The Labute approximate surface area is 179 Å². The highest BCUT2D eigenvalue weighted by Gasteiger charge is 2.36. The number of carbonyl (C=O) groups excluding carboxylic acids is 4. The van der Waals surface area contributed by atoms with E-state index in [2.05, 4.69) is 20.7 Å². The number of rotatable bonds is 8. The van der Waals surface area contributed by atoms with Gasteiger partial charge in [0.25, 0.3) is 11.1 Å². The Morgan fingerprint density at radius 3 is 2.55 bits per heavy atom. The van der Waals surface area contributed by atoms with Gasteiger partial charge in [0.05, 0.1) is 30.2 Å². The number of hydrogen-bond acceptors (Lipinski definition) is 9. The van der Waals surface area contributed by atoms with Gasteiger partial charge in [-0.3, -0.25) is 19.3 Å². The molecule has 1 aromatic carbocycles. The third-order valence-electron chi connectivity index (χ3n) is 3.58. The van der Waals surface area contributed by atoms with Crippen LogP contribution in [0.1, 0.15) is 12.5 Å². The van der Waals surface area contributed by atoms with Crippen LogP contribution in [0, 0.1) is 0 Å². The van der Waals surface area contributed by atoms with Crippen molar-refractivity contribution in [3.05, 3.63) is 27.1 Å². The molecule has 2 amide bonds. The van der Waals surface area contributed by atoms with Gasteiger partial charge in [-0.1, -0.05) is 0 Å². The maximum Gasteiger partial charge on any atom is 0.343 e. The van der Waals surface area contributed by atoms with Crippen LogP contribution in [0.15, 0.2) is 21.5 Å². The van der Waals surface area contributed by atoms with Crippen LogP contribution in [0.5, 0.6) is 11.5 Å². The summed E-state index contributed by atoms with van der Waals surface area (Å²) >= 11 is 4.05. The van der Waals surface area contributed by atoms with E-state index >= 15 is 0 Å². The summed E-state index contributed by atoms with van der Waals surface area (Å²) in [4.78, 5) is 48.4. The molecule has 2 rings (SSSR count). The Kier molecular flexibility index (Phi) is 8.09. The van der Waals surface area contributed by atoms with Gasteiger partial charge >= 0.3 is 11.9 Å². The first-order valence-electron chi connectivity index (χ1n) is 8.28. The number of carbonyl (C=O) groups is 4. The van der Waals surface area contributed by atoms with Crippen molar-refractivity contribution in [1.82, 2.24) is 4.90 Å². The highest BCUT2D eigenvalue weighted by molar-refractivity contribution is 9.10. The normalized spacial score (nSPS) is 14.9. The van der Waals surface area contributed by atoms with Crippen molar-refractivity contribution in [2.45, 2.75) is 6.92 Å². The quantitative estimate of drug-likeness (QED) is 0.403. The number of imide groups is 1. The average Bonchev–Trinajstić information content (AvgIpc) is 2.94. The van der Waals surface area contributed by atoms with E-state index < -0.39 is 29.6 Å². The zero-order valence-electron chi connectivity index (χ0n) is 15.9. The van der Waals surface area contributed by atoms with Crippen LogP contribution < -0.4 is 9.47 Å². The lowest BCUT2D eigenvalue weighted by Crippen LogP contribution is -2.34. The zero-order chi connectivity index (χ0) is 21.6. The van der Waals surface area contributed by atoms with Gasteiger partial charge in [0, 0.05) is 0 Å². The second-order valence-electron chi connectivity index (χ2n) is 5.47. The number of halogens is 1. The summed E-state index contributed by atoms with van der Waals surface area (Å²) in [6.07, 6.45) is 1.49. The number of amides is 2. The first kappa shape index (κ1) is 22.8. The number of methoxy groups -OCH3 is 2. The molecule has 0 unspecified atom stereocenters. The molecule has 156 valence electrons. The molecular weight excluding hydrogens is 470 g/mol. The summed E-state index contributed by atoms with van der Waals surface area (Å²) in [6.45, 7) is 1.04. The second kappa shape index (κ2) is 10.3. The van der Waals surface area contributed by atoms with Gasteiger partial charge in [0.2, 0.25) is 0 Å². The van der Waals surface area contributed by atoms with Crippen molar-refractivity contribution in [2.75, 3.05) is 34.0 Å². The molecular formula is C18H18BrNO8S. The van der Waals surface area contributed by atoms with Gasteiger partial charge in [0.1, 0.15) is 6.54 Å². The van der Waals surface area contributed by atoms with Crippen LogP contribution in [0.3, 0.4) is 0 Å². The first-order chi connectivity index (χ1) is 13.8. The lowest BCUT2D eigenvalue weighted by molar-refractivity contribution is -0.146. The van der Waals surface area contributed by atoms with Crippen molar-refractivity contribution in [2.24, 2.45) is 0 Å². The maximum absolute atomic E-state index is 12.5. The molecule has 9 nitrogen and oxygen atoms in total. The zero-order valence-corrected chi connectivity index (χ0v) is 18.3. The van der Waals surface area contributed by atoms with Gasteiger partial charge in [-0.25, -0.2) is 4.79 Å². The molecule has 0 aliphatic carbocycles. The fourth-order valence-electron chi connectivity index (χ4n) is 2.28. The third-order valence-corrected chi connectivity index (χ3v) is 5.07. The summed E-state index contributed by atoms with van der Waals surface area (Å²) in [5.41, 5.74) is 0.542. The fraction of sp³-hybridized carbons (Fsp3) is 0.333. The lowest BCUT2D eigenvalue weighted by atomic mass is 10.2. The highest BCUT2D eigenvalue weighted by atomic mass is 79.9.